The number of carbonyl (C=O) groups is 1. The topological polar surface area (TPSA) is 114 Å². The van der Waals surface area contributed by atoms with E-state index in [2.05, 4.69) is 11.7 Å². The first-order chi connectivity index (χ1) is 20.5. The van der Waals surface area contributed by atoms with Crippen molar-refractivity contribution < 1.29 is 28.2 Å². The van der Waals surface area contributed by atoms with Crippen LogP contribution in [0, 0.1) is 0 Å². The van der Waals surface area contributed by atoms with Crippen LogP contribution in [0.2, 0.25) is 0 Å². The van der Waals surface area contributed by atoms with Crippen molar-refractivity contribution in [1.82, 2.24) is 9.66 Å². The Kier molecular flexibility index (Phi) is 8.33. The van der Waals surface area contributed by atoms with Gasteiger partial charge in [-0.25, -0.2) is 9.78 Å². The van der Waals surface area contributed by atoms with Gasteiger partial charge in [0.1, 0.15) is 11.3 Å². The average Bonchev–Trinajstić information content (AvgIpc) is 3.45. The molecule has 10 nitrogen and oxygen atoms in total. The normalized spacial score (nSPS) is 11.2. The van der Waals surface area contributed by atoms with Crippen LogP contribution in [0.25, 0.3) is 33.5 Å². The Labute approximate surface area is 241 Å². The van der Waals surface area contributed by atoms with Crippen LogP contribution in [0.5, 0.6) is 17.2 Å². The molecule has 0 radical (unpaired) electrons. The fourth-order valence-electron chi connectivity index (χ4n) is 4.52. The highest BCUT2D eigenvalue weighted by Gasteiger charge is 2.19. The number of furan rings is 1. The summed E-state index contributed by atoms with van der Waals surface area (Å²) in [6.45, 7) is 5.75. The van der Waals surface area contributed by atoms with Gasteiger partial charge in [0.25, 0.3) is 5.56 Å². The van der Waals surface area contributed by atoms with Gasteiger partial charge < -0.3 is 23.4 Å². The Morgan fingerprint density at radius 1 is 1.05 bits per heavy atom. The first kappa shape index (κ1) is 28.2. The SMILES string of the molecule is C=CCc1cc(C=Nn2c(-c3cc4c(OC)cccc4o3)nc3ccccc3c2=O)cc(OCC)c1OCC(=O)OC. The summed E-state index contributed by atoms with van der Waals surface area (Å²) in [5.74, 6) is 1.50. The van der Waals surface area contributed by atoms with E-state index in [0.717, 1.165) is 10.9 Å². The van der Waals surface area contributed by atoms with E-state index in [0.29, 0.717) is 58.1 Å². The zero-order valence-electron chi connectivity index (χ0n) is 23.5. The van der Waals surface area contributed by atoms with Crippen LogP contribution in [0.4, 0.5) is 0 Å². The summed E-state index contributed by atoms with van der Waals surface area (Å²) in [6, 6.07) is 17.8. The Hall–Kier alpha value is -5.38. The smallest absolute Gasteiger partial charge is 0.343 e. The first-order valence-corrected chi connectivity index (χ1v) is 13.2. The molecule has 0 atom stereocenters. The van der Waals surface area contributed by atoms with E-state index < -0.39 is 5.97 Å². The van der Waals surface area contributed by atoms with Gasteiger partial charge in [0.2, 0.25) is 5.82 Å². The molecule has 0 unspecified atom stereocenters. The Morgan fingerprint density at radius 2 is 1.88 bits per heavy atom. The fraction of sp³-hybridized carbons (Fsp3) is 0.188. The van der Waals surface area contributed by atoms with E-state index >= 15 is 0 Å². The molecular weight excluding hydrogens is 538 g/mol. The molecule has 0 spiro atoms. The van der Waals surface area contributed by atoms with E-state index in [4.69, 9.17) is 28.3 Å². The maximum atomic E-state index is 13.7. The van der Waals surface area contributed by atoms with Gasteiger partial charge in [-0.05, 0) is 61.4 Å². The number of ether oxygens (including phenoxy) is 4. The number of nitrogens with zero attached hydrogens (tertiary/aromatic N) is 3. The van der Waals surface area contributed by atoms with Gasteiger partial charge in [-0.1, -0.05) is 24.3 Å². The summed E-state index contributed by atoms with van der Waals surface area (Å²) in [4.78, 5) is 30.2. The number of methoxy groups -OCH3 is 2. The molecule has 42 heavy (non-hydrogen) atoms. The third-order valence-corrected chi connectivity index (χ3v) is 6.42. The lowest BCUT2D eigenvalue weighted by atomic mass is 10.1. The van der Waals surface area contributed by atoms with Crippen molar-refractivity contribution in [2.24, 2.45) is 5.10 Å². The molecule has 0 aliphatic carbocycles. The third-order valence-electron chi connectivity index (χ3n) is 6.42. The summed E-state index contributed by atoms with van der Waals surface area (Å²) >= 11 is 0. The minimum atomic E-state index is -0.522. The van der Waals surface area contributed by atoms with Crippen molar-refractivity contribution in [2.45, 2.75) is 13.3 Å². The zero-order valence-corrected chi connectivity index (χ0v) is 23.5. The number of para-hydroxylation sites is 1. The van der Waals surface area contributed by atoms with E-state index in [1.807, 2.05) is 37.3 Å². The molecule has 3 aromatic carbocycles. The second-order valence-electron chi connectivity index (χ2n) is 9.09. The minimum Gasteiger partial charge on any atom is -0.496 e. The molecule has 2 heterocycles. The van der Waals surface area contributed by atoms with Crippen molar-refractivity contribution in [3.8, 4) is 28.8 Å². The number of hydrogen-bond donors (Lipinski definition) is 0. The summed E-state index contributed by atoms with van der Waals surface area (Å²) in [5.41, 5.74) is 2.07. The molecule has 5 aromatic rings. The fourth-order valence-corrected chi connectivity index (χ4v) is 4.52. The van der Waals surface area contributed by atoms with Crippen LogP contribution in [0.15, 0.2) is 87.6 Å². The second-order valence-corrected chi connectivity index (χ2v) is 9.09. The predicted molar refractivity (Wildman–Crippen MR) is 160 cm³/mol. The number of allylic oxidation sites excluding steroid dienone is 1. The van der Waals surface area contributed by atoms with Crippen LogP contribution < -0.4 is 19.8 Å². The summed E-state index contributed by atoms with van der Waals surface area (Å²) in [5, 5.41) is 5.71. The number of aromatic nitrogens is 2. The maximum Gasteiger partial charge on any atom is 0.343 e. The lowest BCUT2D eigenvalue weighted by molar-refractivity contribution is -0.142. The Morgan fingerprint density at radius 3 is 2.64 bits per heavy atom. The van der Waals surface area contributed by atoms with E-state index in [9.17, 15) is 9.59 Å². The molecular formula is C32H29N3O7. The summed E-state index contributed by atoms with van der Waals surface area (Å²) in [6.07, 6.45) is 3.67. The van der Waals surface area contributed by atoms with Gasteiger partial charge in [-0.3, -0.25) is 4.79 Å². The molecule has 0 bridgehead atoms. The quantitative estimate of drug-likeness (QED) is 0.119. The van der Waals surface area contributed by atoms with E-state index in [1.54, 1.807) is 43.5 Å². The average molecular weight is 568 g/mol. The summed E-state index contributed by atoms with van der Waals surface area (Å²) in [7, 11) is 2.87. The molecule has 0 aliphatic heterocycles. The van der Waals surface area contributed by atoms with Gasteiger partial charge in [-0.15, -0.1) is 6.58 Å². The number of benzene rings is 3. The lowest BCUT2D eigenvalue weighted by Gasteiger charge is -2.16. The highest BCUT2D eigenvalue weighted by Crippen LogP contribution is 2.35. The van der Waals surface area contributed by atoms with Crippen LogP contribution in [-0.4, -0.2) is 49.3 Å². The van der Waals surface area contributed by atoms with Crippen molar-refractivity contribution in [2.75, 3.05) is 27.4 Å². The Bertz CT molecular complexity index is 1870. The third kappa shape index (κ3) is 5.60. The Balaban J connectivity index is 1.65. The number of rotatable bonds is 11. The second kappa shape index (κ2) is 12.4. The molecule has 0 fully saturated rings. The highest BCUT2D eigenvalue weighted by atomic mass is 16.6. The monoisotopic (exact) mass is 567 g/mol. The number of esters is 1. The maximum absolute atomic E-state index is 13.7. The van der Waals surface area contributed by atoms with Gasteiger partial charge >= 0.3 is 5.97 Å². The number of fused-ring (bicyclic) bond motifs is 2. The molecule has 0 amide bonds. The van der Waals surface area contributed by atoms with Gasteiger partial charge in [0.05, 0.1) is 43.3 Å². The number of hydrogen-bond acceptors (Lipinski definition) is 9. The summed E-state index contributed by atoms with van der Waals surface area (Å²) < 4.78 is 29.1. The molecule has 10 heteroatoms. The minimum absolute atomic E-state index is 0.225. The molecule has 0 saturated heterocycles. The largest absolute Gasteiger partial charge is 0.496 e. The number of carbonyl (C=O) groups excluding carboxylic acids is 1. The van der Waals surface area contributed by atoms with Gasteiger partial charge in [-0.2, -0.15) is 9.78 Å². The van der Waals surface area contributed by atoms with Crippen molar-refractivity contribution in [3.63, 3.8) is 0 Å². The van der Waals surface area contributed by atoms with Crippen LogP contribution in [-0.2, 0) is 16.0 Å². The van der Waals surface area contributed by atoms with Crippen molar-refractivity contribution >= 4 is 34.1 Å². The van der Waals surface area contributed by atoms with Crippen LogP contribution >= 0.6 is 0 Å². The van der Waals surface area contributed by atoms with Gasteiger partial charge in [0.15, 0.2) is 23.9 Å². The van der Waals surface area contributed by atoms with Crippen LogP contribution in [0.3, 0.4) is 0 Å². The van der Waals surface area contributed by atoms with Gasteiger partial charge in [0, 0.05) is 5.56 Å². The van der Waals surface area contributed by atoms with Crippen molar-refractivity contribution in [1.29, 1.82) is 0 Å². The predicted octanol–water partition coefficient (Wildman–Crippen LogP) is 5.38. The molecule has 2 aromatic heterocycles. The zero-order chi connectivity index (χ0) is 29.6. The highest BCUT2D eigenvalue weighted by molar-refractivity contribution is 5.89. The standard InChI is InChI=1S/C32H29N3O7/c1-5-10-21-15-20(16-27(40-6-2)30(21)41-19-29(36)39-4)18-33-35-31(34-24-12-8-7-11-22(24)32(35)37)28-17-23-25(38-3)13-9-14-26(23)42-28/h5,7-9,11-18H,1,6,10,19H2,2-4H3. The molecule has 0 aliphatic rings. The van der Waals surface area contributed by atoms with E-state index in [1.165, 1.54) is 18.0 Å². The molecule has 5 rings (SSSR count). The van der Waals surface area contributed by atoms with Crippen LogP contribution in [0.1, 0.15) is 18.1 Å². The molecule has 0 N–H and O–H groups in total. The van der Waals surface area contributed by atoms with Crippen molar-refractivity contribution in [3.05, 3.63) is 94.8 Å². The molecule has 214 valence electrons. The lowest BCUT2D eigenvalue weighted by Crippen LogP contribution is -2.20. The molecule has 0 saturated carbocycles. The van der Waals surface area contributed by atoms with E-state index in [-0.39, 0.29) is 18.0 Å². The first-order valence-electron chi connectivity index (χ1n) is 13.2.